The van der Waals surface area contributed by atoms with Crippen LogP contribution in [0.25, 0.3) is 22.3 Å². The van der Waals surface area contributed by atoms with E-state index in [2.05, 4.69) is 27.1 Å². The fraction of sp³-hybridized carbons (Fsp3) is 0.357. The van der Waals surface area contributed by atoms with Crippen LogP contribution in [0.15, 0.2) is 55.0 Å². The van der Waals surface area contributed by atoms with Gasteiger partial charge in [0.1, 0.15) is 11.5 Å². The maximum atomic E-state index is 11.4. The molecule has 0 spiro atoms. The average Bonchev–Trinajstić information content (AvgIpc) is 3.64. The van der Waals surface area contributed by atoms with Gasteiger partial charge in [-0.25, -0.2) is 4.98 Å². The SMILES string of the molecule is COC(=O)CCCn1cc(-c2cnc3ccc(N(CC4CC4)c4cc(OC)cc(OC)c4)cc3n2)cn1. The lowest BCUT2D eigenvalue weighted by atomic mass is 10.1. The normalized spacial score (nSPS) is 12.9. The van der Waals surface area contributed by atoms with Gasteiger partial charge < -0.3 is 19.1 Å². The Balaban J connectivity index is 1.43. The first-order valence-electron chi connectivity index (χ1n) is 12.4. The fourth-order valence-corrected chi connectivity index (χ4v) is 4.28. The number of carbonyl (C=O) groups excluding carboxylic acids is 1. The van der Waals surface area contributed by atoms with Crippen molar-refractivity contribution in [3.05, 3.63) is 55.0 Å². The van der Waals surface area contributed by atoms with E-state index in [-0.39, 0.29) is 5.97 Å². The molecule has 2 aromatic carbocycles. The van der Waals surface area contributed by atoms with Crippen molar-refractivity contribution in [3.8, 4) is 22.8 Å². The predicted molar refractivity (Wildman–Crippen MR) is 141 cm³/mol. The number of ether oxygens (including phenoxy) is 3. The molecule has 1 saturated carbocycles. The van der Waals surface area contributed by atoms with E-state index in [1.54, 1.807) is 26.6 Å². The van der Waals surface area contributed by atoms with E-state index >= 15 is 0 Å². The van der Waals surface area contributed by atoms with Crippen molar-refractivity contribution in [3.63, 3.8) is 0 Å². The van der Waals surface area contributed by atoms with Gasteiger partial charge in [-0.05, 0) is 43.4 Å². The second-order valence-electron chi connectivity index (χ2n) is 9.22. The Morgan fingerprint density at radius 2 is 1.78 bits per heavy atom. The van der Waals surface area contributed by atoms with Crippen LogP contribution in [-0.4, -0.2) is 53.6 Å². The molecular weight excluding hydrogens is 470 g/mol. The van der Waals surface area contributed by atoms with Crippen LogP contribution < -0.4 is 14.4 Å². The molecular formula is C28H31N5O4. The second kappa shape index (κ2) is 10.9. The number of hydrogen-bond donors (Lipinski definition) is 0. The smallest absolute Gasteiger partial charge is 0.305 e. The molecule has 37 heavy (non-hydrogen) atoms. The lowest BCUT2D eigenvalue weighted by Crippen LogP contribution is -2.20. The molecule has 0 unspecified atom stereocenters. The van der Waals surface area contributed by atoms with Crippen molar-refractivity contribution in [1.29, 1.82) is 0 Å². The molecule has 9 nitrogen and oxygen atoms in total. The maximum Gasteiger partial charge on any atom is 0.305 e. The van der Waals surface area contributed by atoms with Crippen LogP contribution in [0.4, 0.5) is 11.4 Å². The first-order chi connectivity index (χ1) is 18.1. The van der Waals surface area contributed by atoms with Crippen LogP contribution in [0.3, 0.4) is 0 Å². The Hall–Kier alpha value is -4.14. The molecule has 0 N–H and O–H groups in total. The lowest BCUT2D eigenvalue weighted by Gasteiger charge is -2.26. The van der Waals surface area contributed by atoms with E-state index in [9.17, 15) is 4.79 Å². The molecule has 5 rings (SSSR count). The van der Waals surface area contributed by atoms with Gasteiger partial charge in [-0.2, -0.15) is 5.10 Å². The van der Waals surface area contributed by atoms with Gasteiger partial charge in [-0.3, -0.25) is 14.5 Å². The number of anilines is 2. The Labute approximate surface area is 216 Å². The van der Waals surface area contributed by atoms with Gasteiger partial charge in [0.25, 0.3) is 0 Å². The van der Waals surface area contributed by atoms with Crippen LogP contribution in [-0.2, 0) is 16.1 Å². The average molecular weight is 502 g/mol. The highest BCUT2D eigenvalue weighted by atomic mass is 16.5. The number of hydrogen-bond acceptors (Lipinski definition) is 8. The zero-order valence-corrected chi connectivity index (χ0v) is 21.4. The predicted octanol–water partition coefficient (Wildman–Crippen LogP) is 5.01. The number of methoxy groups -OCH3 is 3. The molecule has 1 aliphatic carbocycles. The monoisotopic (exact) mass is 501 g/mol. The Bertz CT molecular complexity index is 1380. The highest BCUT2D eigenvalue weighted by Crippen LogP contribution is 2.38. The highest BCUT2D eigenvalue weighted by Gasteiger charge is 2.26. The lowest BCUT2D eigenvalue weighted by molar-refractivity contribution is -0.140. The van der Waals surface area contributed by atoms with Gasteiger partial charge in [-0.1, -0.05) is 0 Å². The van der Waals surface area contributed by atoms with Crippen molar-refractivity contribution in [2.75, 3.05) is 32.8 Å². The van der Waals surface area contributed by atoms with Crippen molar-refractivity contribution in [2.24, 2.45) is 5.92 Å². The van der Waals surface area contributed by atoms with Gasteiger partial charge in [0, 0.05) is 60.8 Å². The molecule has 1 fully saturated rings. The molecule has 4 aromatic rings. The number of rotatable bonds is 11. The number of fused-ring (bicyclic) bond motifs is 1. The second-order valence-corrected chi connectivity index (χ2v) is 9.22. The summed E-state index contributed by atoms with van der Waals surface area (Å²) >= 11 is 0. The molecule has 2 heterocycles. The van der Waals surface area contributed by atoms with Gasteiger partial charge in [0.2, 0.25) is 0 Å². The standard InChI is InChI=1S/C28H31N5O4/c1-35-23-11-22(12-24(14-23)36-2)33(17-19-6-7-19)21-8-9-25-26(13-21)31-27(16-29-25)20-15-30-32(18-20)10-4-5-28(34)37-3/h8-9,11-16,18-19H,4-7,10,17H2,1-3H3. The third-order valence-corrected chi connectivity index (χ3v) is 6.55. The largest absolute Gasteiger partial charge is 0.497 e. The Morgan fingerprint density at radius 1 is 1.00 bits per heavy atom. The Kier molecular flexibility index (Phi) is 7.20. The van der Waals surface area contributed by atoms with Crippen LogP contribution in [0.5, 0.6) is 11.5 Å². The van der Waals surface area contributed by atoms with Crippen molar-refractivity contribution in [1.82, 2.24) is 19.7 Å². The number of aromatic nitrogens is 4. The molecule has 0 saturated heterocycles. The summed E-state index contributed by atoms with van der Waals surface area (Å²) < 4.78 is 17.6. The third-order valence-electron chi connectivity index (χ3n) is 6.55. The minimum absolute atomic E-state index is 0.216. The fourth-order valence-electron chi connectivity index (χ4n) is 4.28. The van der Waals surface area contributed by atoms with E-state index in [0.29, 0.717) is 25.3 Å². The van der Waals surface area contributed by atoms with Crippen molar-refractivity contribution >= 4 is 28.4 Å². The number of esters is 1. The van der Waals surface area contributed by atoms with Gasteiger partial charge in [-0.15, -0.1) is 0 Å². The third kappa shape index (κ3) is 5.82. The molecule has 0 aliphatic heterocycles. The Morgan fingerprint density at radius 3 is 2.49 bits per heavy atom. The summed E-state index contributed by atoms with van der Waals surface area (Å²) in [6, 6.07) is 12.1. The highest BCUT2D eigenvalue weighted by molar-refractivity contribution is 5.82. The summed E-state index contributed by atoms with van der Waals surface area (Å²) in [4.78, 5) is 23.2. The van der Waals surface area contributed by atoms with E-state index in [1.165, 1.54) is 20.0 Å². The summed E-state index contributed by atoms with van der Waals surface area (Å²) in [6.45, 7) is 1.54. The van der Waals surface area contributed by atoms with Crippen LogP contribution in [0.1, 0.15) is 25.7 Å². The quantitative estimate of drug-likeness (QED) is 0.265. The van der Waals surface area contributed by atoms with Gasteiger partial charge in [0.15, 0.2) is 0 Å². The summed E-state index contributed by atoms with van der Waals surface area (Å²) in [5.41, 5.74) is 5.32. The van der Waals surface area contributed by atoms with E-state index < -0.39 is 0 Å². The topological polar surface area (TPSA) is 91.6 Å². The van der Waals surface area contributed by atoms with Crippen LogP contribution >= 0.6 is 0 Å². The summed E-state index contributed by atoms with van der Waals surface area (Å²) in [6.07, 6.45) is 8.97. The molecule has 192 valence electrons. The maximum absolute atomic E-state index is 11.4. The number of benzene rings is 2. The van der Waals surface area contributed by atoms with E-state index in [0.717, 1.165) is 51.7 Å². The zero-order chi connectivity index (χ0) is 25.8. The number of aryl methyl sites for hydroxylation is 1. The minimum atomic E-state index is -0.216. The first-order valence-corrected chi connectivity index (χ1v) is 12.4. The zero-order valence-electron chi connectivity index (χ0n) is 21.4. The first kappa shape index (κ1) is 24.5. The molecule has 1 aliphatic rings. The molecule has 0 amide bonds. The van der Waals surface area contributed by atoms with Crippen molar-refractivity contribution < 1.29 is 19.0 Å². The molecule has 2 aromatic heterocycles. The molecule has 9 heteroatoms. The molecule has 0 atom stereocenters. The molecule has 0 radical (unpaired) electrons. The van der Waals surface area contributed by atoms with Crippen LogP contribution in [0, 0.1) is 5.92 Å². The van der Waals surface area contributed by atoms with Crippen LogP contribution in [0.2, 0.25) is 0 Å². The van der Waals surface area contributed by atoms with Gasteiger partial charge >= 0.3 is 5.97 Å². The summed E-state index contributed by atoms with van der Waals surface area (Å²) in [5, 5.41) is 4.42. The number of nitrogens with zero attached hydrogens (tertiary/aromatic N) is 5. The van der Waals surface area contributed by atoms with E-state index in [1.807, 2.05) is 35.1 Å². The summed E-state index contributed by atoms with van der Waals surface area (Å²) in [5.74, 6) is 1.95. The number of carbonyl (C=O) groups is 1. The van der Waals surface area contributed by atoms with Gasteiger partial charge in [0.05, 0.1) is 50.5 Å². The molecule has 0 bridgehead atoms. The summed E-state index contributed by atoms with van der Waals surface area (Å²) in [7, 11) is 4.73. The van der Waals surface area contributed by atoms with E-state index in [4.69, 9.17) is 19.2 Å². The minimum Gasteiger partial charge on any atom is -0.497 e. The van der Waals surface area contributed by atoms with Crippen molar-refractivity contribution in [2.45, 2.75) is 32.2 Å².